The molecule has 0 fully saturated rings. The van der Waals surface area contributed by atoms with Crippen molar-refractivity contribution in [3.05, 3.63) is 143 Å². The van der Waals surface area contributed by atoms with Crippen molar-refractivity contribution in [2.24, 2.45) is 0 Å². The molecule has 0 amide bonds. The number of benzene rings is 4. The monoisotopic (exact) mass is 534 g/mol. The quantitative estimate of drug-likeness (QED) is 0.213. The summed E-state index contributed by atoms with van der Waals surface area (Å²) >= 11 is 0. The minimum absolute atomic E-state index is 0.0581. The van der Waals surface area contributed by atoms with Crippen LogP contribution in [0, 0.1) is 0 Å². The predicted molar refractivity (Wildman–Crippen MR) is 171 cm³/mol. The van der Waals surface area contributed by atoms with Crippen molar-refractivity contribution < 1.29 is 0 Å². The summed E-state index contributed by atoms with van der Waals surface area (Å²) in [6, 6.07) is 40.4. The smallest absolute Gasteiger partial charge is 0.0531 e. The summed E-state index contributed by atoms with van der Waals surface area (Å²) in [4.78, 5) is 0. The van der Waals surface area contributed by atoms with E-state index in [0.717, 1.165) is 25.9 Å². The number of fused-ring (bicyclic) bond motifs is 8. The normalized spacial score (nSPS) is 17.9. The largest absolute Gasteiger partial charge is 0.339 e. The number of hydrogen-bond donors (Lipinski definition) is 0. The van der Waals surface area contributed by atoms with Crippen LogP contribution in [0.3, 0.4) is 0 Å². The van der Waals surface area contributed by atoms with E-state index >= 15 is 0 Å². The molecular weight excluding hydrogens is 496 g/mol. The van der Waals surface area contributed by atoms with Gasteiger partial charge in [0.25, 0.3) is 0 Å². The summed E-state index contributed by atoms with van der Waals surface area (Å²) in [6.45, 7) is 11.8. The molecule has 2 heterocycles. The first-order valence-electron chi connectivity index (χ1n) is 15.1. The van der Waals surface area contributed by atoms with Gasteiger partial charge in [-0.3, -0.25) is 0 Å². The maximum absolute atomic E-state index is 2.70. The Hall–Kier alpha value is -4.04. The summed E-state index contributed by atoms with van der Waals surface area (Å²) in [5.74, 6) is 0. The second kappa shape index (κ2) is 8.49. The van der Waals surface area contributed by atoms with Crippen molar-refractivity contribution in [2.75, 3.05) is 0 Å². The molecule has 2 heteroatoms. The molecule has 8 rings (SSSR count). The second-order valence-electron chi connectivity index (χ2n) is 13.8. The van der Waals surface area contributed by atoms with Gasteiger partial charge in [-0.25, -0.2) is 0 Å². The molecule has 0 unspecified atom stereocenters. The molecule has 2 nitrogen and oxygen atoms in total. The molecule has 4 aromatic carbocycles. The molecule has 2 aliphatic rings. The highest BCUT2D eigenvalue weighted by Crippen LogP contribution is 2.66. The van der Waals surface area contributed by atoms with Gasteiger partial charge in [0.15, 0.2) is 0 Å². The van der Waals surface area contributed by atoms with Crippen LogP contribution in [0.2, 0.25) is 0 Å². The highest BCUT2D eigenvalue weighted by Gasteiger charge is 2.60. The third-order valence-corrected chi connectivity index (χ3v) is 10.1. The number of aromatic nitrogens is 2. The Morgan fingerprint density at radius 3 is 1.27 bits per heavy atom. The van der Waals surface area contributed by atoms with E-state index in [1.54, 1.807) is 22.5 Å². The van der Waals surface area contributed by atoms with Crippen LogP contribution in [-0.4, -0.2) is 9.13 Å². The van der Waals surface area contributed by atoms with E-state index in [-0.39, 0.29) is 16.2 Å². The summed E-state index contributed by atoms with van der Waals surface area (Å²) in [7, 11) is 0. The van der Waals surface area contributed by atoms with E-state index in [2.05, 4.69) is 146 Å². The topological polar surface area (TPSA) is 9.86 Å². The summed E-state index contributed by atoms with van der Waals surface area (Å²) in [6.07, 6.45) is 2.26. The Kier molecular flexibility index (Phi) is 5.12. The molecule has 0 saturated heterocycles. The van der Waals surface area contributed by atoms with E-state index in [1.807, 2.05) is 0 Å². The molecule has 0 aliphatic heterocycles. The van der Waals surface area contributed by atoms with Gasteiger partial charge in [-0.15, -0.1) is 0 Å². The molecule has 0 radical (unpaired) electrons. The lowest BCUT2D eigenvalue weighted by molar-refractivity contribution is 0.331. The van der Waals surface area contributed by atoms with Crippen molar-refractivity contribution in [1.29, 1.82) is 0 Å². The highest BCUT2D eigenvalue weighted by molar-refractivity contribution is 5.92. The fourth-order valence-electron chi connectivity index (χ4n) is 9.03. The Morgan fingerprint density at radius 1 is 0.488 bits per heavy atom. The molecule has 0 bridgehead atoms. The van der Waals surface area contributed by atoms with Crippen LogP contribution < -0.4 is 0 Å². The highest BCUT2D eigenvalue weighted by atomic mass is 15.1. The molecular formula is C39H38N2. The first kappa shape index (κ1) is 24.7. The maximum atomic E-state index is 2.70. The van der Waals surface area contributed by atoms with Crippen LogP contribution in [0.5, 0.6) is 0 Å². The predicted octanol–water partition coefficient (Wildman–Crippen LogP) is 9.34. The average Bonchev–Trinajstić information content (AvgIpc) is 3.62. The molecule has 2 aromatic heterocycles. The van der Waals surface area contributed by atoms with E-state index in [4.69, 9.17) is 0 Å². The zero-order chi connectivity index (χ0) is 28.0. The van der Waals surface area contributed by atoms with Gasteiger partial charge in [-0.1, -0.05) is 125 Å². The van der Waals surface area contributed by atoms with Crippen LogP contribution in [0.25, 0.3) is 21.8 Å². The Labute approximate surface area is 243 Å². The van der Waals surface area contributed by atoms with Gasteiger partial charge in [-0.2, -0.15) is 0 Å². The molecule has 1 spiro atoms. The Morgan fingerprint density at radius 2 is 0.854 bits per heavy atom. The standard InChI is InChI=1S/C39H38N2/c1-37(2)25-39(35-33(37)29-19-11-13-21-31(29)40(35)23-27-15-7-5-8-16-27)26-38(3,4)34-30-20-12-14-22-32(30)41(36(34)39)24-28-17-9-6-10-18-28/h5-22H,23-26H2,1-4H3. The SMILES string of the molecule is CC1(C)CC2(CC(C)(C)c3c2n(Cc2ccccc2)c2ccccc32)c2c1c1ccccc1n2Cc1ccccc1. The maximum Gasteiger partial charge on any atom is 0.0531 e. The average molecular weight is 535 g/mol. The lowest BCUT2D eigenvalue weighted by Gasteiger charge is -2.34. The number of hydrogen-bond acceptors (Lipinski definition) is 0. The second-order valence-corrected chi connectivity index (χ2v) is 13.8. The van der Waals surface area contributed by atoms with Crippen molar-refractivity contribution in [3.63, 3.8) is 0 Å². The van der Waals surface area contributed by atoms with Gasteiger partial charge in [-0.05, 0) is 58.1 Å². The van der Waals surface area contributed by atoms with Gasteiger partial charge < -0.3 is 9.13 Å². The van der Waals surface area contributed by atoms with Crippen molar-refractivity contribution in [1.82, 2.24) is 9.13 Å². The van der Waals surface area contributed by atoms with Crippen molar-refractivity contribution in [3.8, 4) is 0 Å². The van der Waals surface area contributed by atoms with Gasteiger partial charge in [0.1, 0.15) is 0 Å². The molecule has 0 atom stereocenters. The Balaban J connectivity index is 1.48. The number of para-hydroxylation sites is 2. The van der Waals surface area contributed by atoms with E-state index in [9.17, 15) is 0 Å². The van der Waals surface area contributed by atoms with E-state index in [0.29, 0.717) is 0 Å². The van der Waals surface area contributed by atoms with Crippen LogP contribution in [0.4, 0.5) is 0 Å². The zero-order valence-electron chi connectivity index (χ0n) is 24.6. The minimum atomic E-state index is -0.0702. The molecule has 0 N–H and O–H groups in total. The van der Waals surface area contributed by atoms with E-state index in [1.165, 1.54) is 32.9 Å². The van der Waals surface area contributed by atoms with Gasteiger partial charge in [0, 0.05) is 46.3 Å². The van der Waals surface area contributed by atoms with Crippen LogP contribution in [0.15, 0.2) is 109 Å². The molecule has 6 aromatic rings. The van der Waals surface area contributed by atoms with Crippen molar-refractivity contribution in [2.45, 2.75) is 69.9 Å². The van der Waals surface area contributed by atoms with Crippen LogP contribution >= 0.6 is 0 Å². The lowest BCUT2D eigenvalue weighted by atomic mass is 9.74. The first-order valence-corrected chi connectivity index (χ1v) is 15.1. The summed E-state index contributed by atoms with van der Waals surface area (Å²) < 4.78 is 5.40. The molecule has 41 heavy (non-hydrogen) atoms. The lowest BCUT2D eigenvalue weighted by Crippen LogP contribution is -2.32. The fraction of sp³-hybridized carbons (Fsp3) is 0.282. The van der Waals surface area contributed by atoms with Gasteiger partial charge >= 0.3 is 0 Å². The summed E-state index contributed by atoms with van der Waals surface area (Å²) in [5.41, 5.74) is 11.7. The molecule has 0 saturated carbocycles. The third-order valence-electron chi connectivity index (χ3n) is 10.1. The first-order chi connectivity index (χ1) is 19.8. The van der Waals surface area contributed by atoms with E-state index < -0.39 is 0 Å². The number of nitrogens with zero attached hydrogens (tertiary/aromatic N) is 2. The summed E-state index contributed by atoms with van der Waals surface area (Å²) in [5, 5.41) is 2.86. The Bertz CT molecular complexity index is 1790. The van der Waals surface area contributed by atoms with Crippen LogP contribution in [0.1, 0.15) is 74.2 Å². The van der Waals surface area contributed by atoms with Crippen LogP contribution in [-0.2, 0) is 29.3 Å². The van der Waals surface area contributed by atoms with Gasteiger partial charge in [0.05, 0.1) is 5.41 Å². The third kappa shape index (κ3) is 3.43. The van der Waals surface area contributed by atoms with Gasteiger partial charge in [0.2, 0.25) is 0 Å². The molecule has 2 aliphatic carbocycles. The molecule has 204 valence electrons. The minimum Gasteiger partial charge on any atom is -0.339 e. The zero-order valence-corrected chi connectivity index (χ0v) is 24.6. The van der Waals surface area contributed by atoms with Crippen molar-refractivity contribution >= 4 is 21.8 Å². The fourth-order valence-corrected chi connectivity index (χ4v) is 9.03. The number of rotatable bonds is 4.